The van der Waals surface area contributed by atoms with Crippen LogP contribution in [0, 0.1) is 20.8 Å². The predicted molar refractivity (Wildman–Crippen MR) is 135 cm³/mol. The third-order valence-corrected chi connectivity index (χ3v) is 6.92. The Hall–Kier alpha value is -4.01. The van der Waals surface area contributed by atoms with Crippen LogP contribution in [0.3, 0.4) is 0 Å². The van der Waals surface area contributed by atoms with Gasteiger partial charge in [-0.3, -0.25) is 14.2 Å². The molecule has 3 aromatic rings. The maximum Gasteiger partial charge on any atom is 0.337 e. The van der Waals surface area contributed by atoms with Gasteiger partial charge >= 0.3 is 5.69 Å². The second kappa shape index (κ2) is 8.65. The molecule has 2 aromatic carbocycles. The number of nitrogen functional groups attached to an aromatic ring is 1. The molecule has 0 unspecified atom stereocenters. The van der Waals surface area contributed by atoms with Gasteiger partial charge in [-0.2, -0.15) is 0 Å². The molecule has 2 heterocycles. The molecule has 1 aliphatic heterocycles. The van der Waals surface area contributed by atoms with Crippen LogP contribution in [0.15, 0.2) is 39.9 Å². The Morgan fingerprint density at radius 3 is 2.40 bits per heavy atom. The Kier molecular flexibility index (Phi) is 5.96. The zero-order chi connectivity index (χ0) is 25.7. The number of benzene rings is 2. The Morgan fingerprint density at radius 2 is 1.77 bits per heavy atom. The summed E-state index contributed by atoms with van der Waals surface area (Å²) in [6.07, 6.45) is 0.983. The van der Waals surface area contributed by atoms with E-state index in [1.165, 1.54) is 11.6 Å². The number of nitrogens with zero attached hydrogens (tertiary/aromatic N) is 2. The number of carbonyl (C=O) groups excluding carboxylic acids is 1. The van der Waals surface area contributed by atoms with E-state index in [1.807, 2.05) is 20.8 Å². The summed E-state index contributed by atoms with van der Waals surface area (Å²) in [6.45, 7) is 7.55. The largest absolute Gasteiger partial charge is 0.496 e. The summed E-state index contributed by atoms with van der Waals surface area (Å²) < 4.78 is 14.0. The average Bonchev–Trinajstić information content (AvgIpc) is 2.85. The monoisotopic (exact) mass is 478 g/mol. The van der Waals surface area contributed by atoms with Gasteiger partial charge in [0, 0.05) is 19.0 Å². The van der Waals surface area contributed by atoms with E-state index in [-0.39, 0.29) is 11.5 Å². The van der Waals surface area contributed by atoms with Crippen LogP contribution in [0.1, 0.15) is 35.6 Å². The molecule has 0 fully saturated rings. The molecule has 0 spiro atoms. The molecule has 1 aromatic heterocycles. The SMILES string of the molecule is COc1c(C)c(C)c2c(c1C)CC[C@@](C)(C(=O)Nc1c(N)n(-c3ccccc3)c(=O)n(C)c1=O)O2. The van der Waals surface area contributed by atoms with E-state index in [9.17, 15) is 14.4 Å². The number of hydrogen-bond acceptors (Lipinski definition) is 6. The second-order valence-electron chi connectivity index (χ2n) is 9.08. The number of aromatic nitrogens is 2. The zero-order valence-electron chi connectivity index (χ0n) is 20.8. The third kappa shape index (κ3) is 3.77. The number of anilines is 2. The fourth-order valence-corrected chi connectivity index (χ4v) is 4.62. The molecule has 1 aliphatic rings. The highest BCUT2D eigenvalue weighted by atomic mass is 16.5. The van der Waals surface area contributed by atoms with E-state index in [4.69, 9.17) is 15.2 Å². The first-order valence-electron chi connectivity index (χ1n) is 11.4. The van der Waals surface area contributed by atoms with E-state index >= 15 is 0 Å². The van der Waals surface area contributed by atoms with Crippen molar-refractivity contribution < 1.29 is 14.3 Å². The topological polar surface area (TPSA) is 118 Å². The molecule has 0 aliphatic carbocycles. The van der Waals surface area contributed by atoms with Gasteiger partial charge in [0.1, 0.15) is 23.0 Å². The van der Waals surface area contributed by atoms with Gasteiger partial charge in [0.2, 0.25) is 0 Å². The molecule has 1 amide bonds. The summed E-state index contributed by atoms with van der Waals surface area (Å²) in [5.41, 5.74) is 7.84. The maximum atomic E-state index is 13.5. The van der Waals surface area contributed by atoms with Crippen LogP contribution in [-0.2, 0) is 18.3 Å². The molecule has 1 atom stereocenters. The van der Waals surface area contributed by atoms with Crippen LogP contribution in [0.2, 0.25) is 0 Å². The molecule has 4 rings (SSSR count). The van der Waals surface area contributed by atoms with E-state index in [0.717, 1.165) is 32.6 Å². The van der Waals surface area contributed by atoms with Crippen LogP contribution in [-0.4, -0.2) is 27.8 Å². The van der Waals surface area contributed by atoms with Gasteiger partial charge in [0.25, 0.3) is 11.5 Å². The number of ether oxygens (including phenoxy) is 2. The first-order chi connectivity index (χ1) is 16.5. The predicted octanol–water partition coefficient (Wildman–Crippen LogP) is 2.77. The van der Waals surface area contributed by atoms with Gasteiger partial charge in [-0.1, -0.05) is 18.2 Å². The van der Waals surface area contributed by atoms with Crippen LogP contribution < -0.4 is 31.8 Å². The summed E-state index contributed by atoms with van der Waals surface area (Å²) in [4.78, 5) is 39.2. The molecule has 0 radical (unpaired) electrons. The molecular weight excluding hydrogens is 448 g/mol. The highest BCUT2D eigenvalue weighted by Gasteiger charge is 2.41. The van der Waals surface area contributed by atoms with Crippen molar-refractivity contribution in [2.75, 3.05) is 18.2 Å². The van der Waals surface area contributed by atoms with Crippen molar-refractivity contribution in [1.82, 2.24) is 9.13 Å². The van der Waals surface area contributed by atoms with E-state index in [1.54, 1.807) is 44.4 Å². The van der Waals surface area contributed by atoms with E-state index in [2.05, 4.69) is 5.32 Å². The van der Waals surface area contributed by atoms with Crippen LogP contribution in [0.5, 0.6) is 11.5 Å². The summed E-state index contributed by atoms with van der Waals surface area (Å²) in [5.74, 6) is 0.804. The number of fused-ring (bicyclic) bond motifs is 1. The molecule has 9 nitrogen and oxygen atoms in total. The molecule has 9 heteroatoms. The van der Waals surface area contributed by atoms with Crippen molar-refractivity contribution in [1.29, 1.82) is 0 Å². The number of carbonyl (C=O) groups is 1. The van der Waals surface area contributed by atoms with Crippen molar-refractivity contribution in [2.45, 2.75) is 46.1 Å². The highest BCUT2D eigenvalue weighted by molar-refractivity contribution is 5.99. The Morgan fingerprint density at radius 1 is 1.11 bits per heavy atom. The van der Waals surface area contributed by atoms with Crippen LogP contribution in [0.25, 0.3) is 5.69 Å². The lowest BCUT2D eigenvalue weighted by atomic mass is 9.86. The Bertz CT molecular complexity index is 1460. The van der Waals surface area contributed by atoms with Gasteiger partial charge in [-0.15, -0.1) is 0 Å². The molecule has 184 valence electrons. The van der Waals surface area contributed by atoms with Crippen molar-refractivity contribution >= 4 is 17.4 Å². The molecule has 0 saturated carbocycles. The Balaban J connectivity index is 1.75. The first kappa shape index (κ1) is 24.1. The lowest BCUT2D eigenvalue weighted by Crippen LogP contribution is -2.50. The number of nitrogens with two attached hydrogens (primary N) is 1. The summed E-state index contributed by atoms with van der Waals surface area (Å²) in [5, 5.41) is 2.66. The minimum Gasteiger partial charge on any atom is -0.496 e. The highest BCUT2D eigenvalue weighted by Crippen LogP contribution is 2.43. The lowest BCUT2D eigenvalue weighted by Gasteiger charge is -2.37. The number of nitrogens with one attached hydrogen (secondary N) is 1. The smallest absolute Gasteiger partial charge is 0.337 e. The van der Waals surface area contributed by atoms with Gasteiger partial charge in [0.05, 0.1) is 12.8 Å². The summed E-state index contributed by atoms with van der Waals surface area (Å²) in [7, 11) is 2.98. The molecular formula is C26H30N4O5. The maximum absolute atomic E-state index is 13.5. The summed E-state index contributed by atoms with van der Waals surface area (Å²) >= 11 is 0. The fourth-order valence-electron chi connectivity index (χ4n) is 4.62. The van der Waals surface area contributed by atoms with Gasteiger partial charge in [0.15, 0.2) is 5.60 Å². The number of rotatable bonds is 4. The van der Waals surface area contributed by atoms with E-state index < -0.39 is 22.8 Å². The number of methoxy groups -OCH3 is 1. The standard InChI is InChI=1S/C26H30N4O5/c1-14-15(2)21-18(16(3)20(14)34-6)12-13-26(4,35-21)24(32)28-19-22(27)30(17-10-8-7-9-11-17)25(33)29(5)23(19)31/h7-11H,12-13,27H2,1-6H3,(H,28,32)/t26-/m0/s1. The summed E-state index contributed by atoms with van der Waals surface area (Å²) in [6, 6.07) is 8.69. The minimum absolute atomic E-state index is 0.148. The van der Waals surface area contributed by atoms with Crippen molar-refractivity contribution in [3.8, 4) is 17.2 Å². The molecule has 0 saturated heterocycles. The molecule has 35 heavy (non-hydrogen) atoms. The number of amides is 1. The van der Waals surface area contributed by atoms with Gasteiger partial charge in [-0.25, -0.2) is 9.36 Å². The zero-order valence-corrected chi connectivity index (χ0v) is 20.8. The normalized spacial score (nSPS) is 16.9. The van der Waals surface area contributed by atoms with E-state index in [0.29, 0.717) is 24.3 Å². The first-order valence-corrected chi connectivity index (χ1v) is 11.4. The van der Waals surface area contributed by atoms with Crippen molar-refractivity contribution in [2.24, 2.45) is 7.05 Å². The quantitative estimate of drug-likeness (QED) is 0.596. The average molecular weight is 479 g/mol. The van der Waals surface area contributed by atoms with Crippen molar-refractivity contribution in [3.63, 3.8) is 0 Å². The molecule has 3 N–H and O–H groups in total. The second-order valence-corrected chi connectivity index (χ2v) is 9.08. The lowest BCUT2D eigenvalue weighted by molar-refractivity contribution is -0.131. The van der Waals surface area contributed by atoms with Gasteiger partial charge < -0.3 is 20.5 Å². The van der Waals surface area contributed by atoms with Crippen LogP contribution >= 0.6 is 0 Å². The van der Waals surface area contributed by atoms with Crippen LogP contribution in [0.4, 0.5) is 11.5 Å². The number of hydrogen-bond donors (Lipinski definition) is 2. The minimum atomic E-state index is -1.25. The third-order valence-electron chi connectivity index (χ3n) is 6.92. The van der Waals surface area contributed by atoms with Gasteiger partial charge in [-0.05, 0) is 62.9 Å². The molecule has 0 bridgehead atoms. The van der Waals surface area contributed by atoms with Crippen molar-refractivity contribution in [3.05, 3.63) is 73.4 Å². The fraction of sp³-hybridized carbons (Fsp3) is 0.346. The number of para-hydroxylation sites is 1. The Labute approximate surface area is 203 Å².